The number of benzene rings is 9. The molecule has 280 valence electrons. The molecule has 0 saturated heterocycles. The minimum atomic E-state index is 0.680. The minimum Gasteiger partial charge on any atom is -0.309 e. The second kappa shape index (κ2) is 11.4. The average molecular weight is 791 g/mol. The number of fused-ring (bicyclic) bond motifs is 12. The van der Waals surface area contributed by atoms with E-state index in [2.05, 4.69) is 191 Å². The van der Waals surface area contributed by atoms with Crippen LogP contribution in [0.2, 0.25) is 0 Å². The summed E-state index contributed by atoms with van der Waals surface area (Å²) in [7, 11) is 0. The Hall–Kier alpha value is -7.86. The van der Waals surface area contributed by atoms with Crippen LogP contribution in [0.25, 0.3) is 141 Å². The standard InChI is InChI=1S/C56H30N4S/c1-2-13-32(14-3-1)59-44-22-10-8-19-37(44)42-29-31(25-28-45(42)59)53-55-54(41-20-9-11-24-48(41)61-55)58-56(57-53)60-46-23-12-21-38-33-15-4-5-16-34(33)40-27-26-39-35-17-6-7-18-36(35)43-30-47(60)52(50(38)46)51(40)49(39)43/h1-30H. The summed E-state index contributed by atoms with van der Waals surface area (Å²) in [5, 5.41) is 18.9. The van der Waals surface area contributed by atoms with Crippen molar-refractivity contribution in [3.8, 4) is 22.9 Å². The third-order valence-electron chi connectivity index (χ3n) is 13.4. The lowest BCUT2D eigenvalue weighted by atomic mass is 9.97. The number of nitrogens with zero attached hydrogens (tertiary/aromatic N) is 4. The van der Waals surface area contributed by atoms with Crippen LogP contribution in [0.1, 0.15) is 0 Å². The van der Waals surface area contributed by atoms with Crippen molar-refractivity contribution in [1.82, 2.24) is 19.1 Å². The van der Waals surface area contributed by atoms with Gasteiger partial charge in [0.05, 0.1) is 38.0 Å². The Kier molecular flexibility index (Phi) is 6.01. The molecule has 0 saturated carbocycles. The van der Waals surface area contributed by atoms with E-state index in [1.165, 1.54) is 91.1 Å². The molecule has 0 aliphatic rings. The van der Waals surface area contributed by atoms with Crippen molar-refractivity contribution < 1.29 is 0 Å². The largest absolute Gasteiger partial charge is 0.309 e. The third-order valence-corrected chi connectivity index (χ3v) is 14.6. The van der Waals surface area contributed by atoms with Gasteiger partial charge in [-0.2, -0.15) is 0 Å². The summed E-state index contributed by atoms with van der Waals surface area (Å²) in [6.45, 7) is 0. The highest BCUT2D eigenvalue weighted by Gasteiger charge is 2.26. The number of thiophene rings is 1. The van der Waals surface area contributed by atoms with E-state index in [1.807, 2.05) is 0 Å². The fourth-order valence-corrected chi connectivity index (χ4v) is 12.1. The van der Waals surface area contributed by atoms with Gasteiger partial charge in [0, 0.05) is 48.3 Å². The van der Waals surface area contributed by atoms with Gasteiger partial charge in [-0.1, -0.05) is 133 Å². The van der Waals surface area contributed by atoms with E-state index in [0.717, 1.165) is 43.6 Å². The molecule has 4 heterocycles. The Labute approximate surface area is 351 Å². The van der Waals surface area contributed by atoms with E-state index in [0.29, 0.717) is 5.95 Å². The monoisotopic (exact) mass is 790 g/mol. The molecule has 0 atom stereocenters. The van der Waals surface area contributed by atoms with Crippen molar-refractivity contribution in [1.29, 1.82) is 0 Å². The van der Waals surface area contributed by atoms with Gasteiger partial charge >= 0.3 is 0 Å². The summed E-state index contributed by atoms with van der Waals surface area (Å²) in [4.78, 5) is 11.3. The van der Waals surface area contributed by atoms with Crippen LogP contribution in [0.4, 0.5) is 0 Å². The second-order valence-corrected chi connectivity index (χ2v) is 17.5. The maximum absolute atomic E-state index is 5.72. The lowest BCUT2D eigenvalue weighted by Gasteiger charge is -2.12. The van der Waals surface area contributed by atoms with Crippen molar-refractivity contribution in [3.63, 3.8) is 0 Å². The molecule has 0 N–H and O–H groups in total. The van der Waals surface area contributed by atoms with Crippen molar-refractivity contribution in [2.75, 3.05) is 0 Å². The number of para-hydroxylation sites is 2. The maximum atomic E-state index is 5.72. The normalized spacial score (nSPS) is 12.6. The van der Waals surface area contributed by atoms with Gasteiger partial charge in [-0.25, -0.2) is 9.97 Å². The molecule has 61 heavy (non-hydrogen) atoms. The molecule has 0 aliphatic heterocycles. The number of hydrogen-bond donors (Lipinski definition) is 0. The van der Waals surface area contributed by atoms with E-state index in [-0.39, 0.29) is 0 Å². The van der Waals surface area contributed by atoms with Crippen LogP contribution in [0.15, 0.2) is 182 Å². The van der Waals surface area contributed by atoms with Gasteiger partial charge in [-0.05, 0) is 97.0 Å². The van der Waals surface area contributed by atoms with Crippen LogP contribution in [-0.4, -0.2) is 19.1 Å². The third kappa shape index (κ3) is 4.04. The van der Waals surface area contributed by atoms with E-state index < -0.39 is 0 Å². The van der Waals surface area contributed by atoms with Crippen molar-refractivity contribution in [2.45, 2.75) is 0 Å². The first-order valence-electron chi connectivity index (χ1n) is 20.8. The Balaban J connectivity index is 1.11. The van der Waals surface area contributed by atoms with Crippen LogP contribution in [0.3, 0.4) is 0 Å². The fourth-order valence-electron chi connectivity index (χ4n) is 11.0. The lowest BCUT2D eigenvalue weighted by Crippen LogP contribution is -2.03. The first kappa shape index (κ1) is 32.0. The highest BCUT2D eigenvalue weighted by molar-refractivity contribution is 7.26. The van der Waals surface area contributed by atoms with Crippen molar-refractivity contribution in [2.24, 2.45) is 0 Å². The smallest absolute Gasteiger partial charge is 0.235 e. The highest BCUT2D eigenvalue weighted by atomic mass is 32.1. The molecular formula is C56H30N4S. The molecule has 4 nitrogen and oxygen atoms in total. The highest BCUT2D eigenvalue weighted by Crippen LogP contribution is 2.51. The van der Waals surface area contributed by atoms with Gasteiger partial charge in [0.2, 0.25) is 5.95 Å². The molecule has 0 bridgehead atoms. The summed E-state index contributed by atoms with van der Waals surface area (Å²) in [5.74, 6) is 0.680. The summed E-state index contributed by atoms with van der Waals surface area (Å²) >= 11 is 1.78. The molecule has 0 amide bonds. The van der Waals surface area contributed by atoms with Crippen LogP contribution >= 0.6 is 11.3 Å². The molecular weight excluding hydrogens is 761 g/mol. The molecule has 15 rings (SSSR count). The van der Waals surface area contributed by atoms with Crippen molar-refractivity contribution in [3.05, 3.63) is 182 Å². The molecule has 15 aromatic rings. The molecule has 4 aromatic heterocycles. The van der Waals surface area contributed by atoms with Crippen LogP contribution in [0.5, 0.6) is 0 Å². The zero-order chi connectivity index (χ0) is 39.5. The predicted molar refractivity (Wildman–Crippen MR) is 259 cm³/mol. The summed E-state index contributed by atoms with van der Waals surface area (Å²) in [5.41, 5.74) is 8.74. The summed E-state index contributed by atoms with van der Waals surface area (Å²) in [6, 6.07) is 66.7. The number of rotatable bonds is 3. The Morgan fingerprint density at radius 2 is 0.951 bits per heavy atom. The maximum Gasteiger partial charge on any atom is 0.235 e. The van der Waals surface area contributed by atoms with Gasteiger partial charge in [0.15, 0.2) is 0 Å². The Bertz CT molecular complexity index is 4340. The average Bonchev–Trinajstić information content (AvgIpc) is 4.04. The SMILES string of the molecule is c1ccc(-n2c3ccccc3c3cc(-c4nc(-n5c6cccc7c8ccccc8c8ccc9c%10ccccc%10c%10cc5c(c8c9%10)c76)nc5c4sc4ccccc45)ccc32)cc1. The minimum absolute atomic E-state index is 0.680. The summed E-state index contributed by atoms with van der Waals surface area (Å²) < 4.78 is 7.04. The van der Waals surface area contributed by atoms with Crippen LogP contribution < -0.4 is 0 Å². The Morgan fingerprint density at radius 3 is 1.74 bits per heavy atom. The number of hydrogen-bond acceptors (Lipinski definition) is 3. The summed E-state index contributed by atoms with van der Waals surface area (Å²) in [6.07, 6.45) is 0. The van der Waals surface area contributed by atoms with E-state index in [4.69, 9.17) is 9.97 Å². The quantitative estimate of drug-likeness (QED) is 0.179. The fraction of sp³-hybridized carbons (Fsp3) is 0. The van der Waals surface area contributed by atoms with Crippen LogP contribution in [-0.2, 0) is 0 Å². The first-order valence-corrected chi connectivity index (χ1v) is 21.7. The van der Waals surface area contributed by atoms with Gasteiger partial charge in [0.25, 0.3) is 0 Å². The molecule has 11 aromatic carbocycles. The van der Waals surface area contributed by atoms with Crippen molar-refractivity contribution >= 4 is 129 Å². The number of aromatic nitrogens is 4. The van der Waals surface area contributed by atoms with E-state index in [9.17, 15) is 0 Å². The molecule has 0 fully saturated rings. The van der Waals surface area contributed by atoms with E-state index >= 15 is 0 Å². The second-order valence-electron chi connectivity index (χ2n) is 16.4. The molecule has 5 heteroatoms. The van der Waals surface area contributed by atoms with Gasteiger partial charge in [0.1, 0.15) is 0 Å². The van der Waals surface area contributed by atoms with E-state index in [1.54, 1.807) is 11.3 Å². The molecule has 0 unspecified atom stereocenters. The zero-order valence-corrected chi connectivity index (χ0v) is 33.3. The predicted octanol–water partition coefficient (Wildman–Crippen LogP) is 15.3. The first-order chi connectivity index (χ1) is 30.3. The molecule has 0 spiro atoms. The van der Waals surface area contributed by atoms with Gasteiger partial charge in [-0.3, -0.25) is 4.57 Å². The lowest BCUT2D eigenvalue weighted by molar-refractivity contribution is 1.02. The van der Waals surface area contributed by atoms with Gasteiger partial charge < -0.3 is 4.57 Å². The van der Waals surface area contributed by atoms with Crippen LogP contribution in [0, 0.1) is 0 Å². The molecule has 0 radical (unpaired) electrons. The topological polar surface area (TPSA) is 35.6 Å². The molecule has 0 aliphatic carbocycles. The Morgan fingerprint density at radius 1 is 0.344 bits per heavy atom. The zero-order valence-electron chi connectivity index (χ0n) is 32.5. The van der Waals surface area contributed by atoms with Gasteiger partial charge in [-0.15, -0.1) is 11.3 Å².